The molecule has 0 bridgehead atoms. The van der Waals surface area contributed by atoms with E-state index in [0.29, 0.717) is 6.04 Å². The van der Waals surface area contributed by atoms with Crippen molar-refractivity contribution in [3.05, 3.63) is 0 Å². The highest BCUT2D eigenvalue weighted by atomic mass is 15.2. The van der Waals surface area contributed by atoms with Gasteiger partial charge < -0.3 is 10.2 Å². The molecule has 1 heterocycles. The molecule has 3 nitrogen and oxygen atoms in total. The molecule has 1 N–H and O–H groups in total. The lowest BCUT2D eigenvalue weighted by molar-refractivity contribution is 0.130. The van der Waals surface area contributed by atoms with Gasteiger partial charge in [-0.3, -0.25) is 4.90 Å². The summed E-state index contributed by atoms with van der Waals surface area (Å²) in [7, 11) is 4.56. The first-order chi connectivity index (χ1) is 7.27. The monoisotopic (exact) mass is 211 g/mol. The van der Waals surface area contributed by atoms with E-state index in [-0.39, 0.29) is 0 Å². The fourth-order valence-corrected chi connectivity index (χ4v) is 2.89. The van der Waals surface area contributed by atoms with Crippen LogP contribution in [0.4, 0.5) is 0 Å². The number of hydrogen-bond donors (Lipinski definition) is 1. The van der Waals surface area contributed by atoms with Crippen molar-refractivity contribution in [2.24, 2.45) is 0 Å². The van der Waals surface area contributed by atoms with Gasteiger partial charge in [0.15, 0.2) is 0 Å². The molecule has 0 aromatic carbocycles. The minimum atomic E-state index is 0.712. The summed E-state index contributed by atoms with van der Waals surface area (Å²) in [5, 5.41) is 3.49. The van der Waals surface area contributed by atoms with Crippen LogP contribution < -0.4 is 5.32 Å². The maximum Gasteiger partial charge on any atom is 0.0345 e. The Balaban J connectivity index is 1.78. The standard InChI is InChI=1S/C12H25N3/c1-14-8-7-13-9-12(14)10-15(2)11-5-3-4-6-11/h11-13H,3-10H2,1-2H3. The molecule has 0 spiro atoms. The molecular formula is C12H25N3. The molecule has 2 fully saturated rings. The molecular weight excluding hydrogens is 186 g/mol. The van der Waals surface area contributed by atoms with E-state index < -0.39 is 0 Å². The Hall–Kier alpha value is -0.120. The molecule has 1 unspecified atom stereocenters. The van der Waals surface area contributed by atoms with Crippen molar-refractivity contribution < 1.29 is 0 Å². The lowest BCUT2D eigenvalue weighted by atomic mass is 10.1. The van der Waals surface area contributed by atoms with E-state index in [1.165, 1.54) is 38.8 Å². The summed E-state index contributed by atoms with van der Waals surface area (Å²) >= 11 is 0. The van der Waals surface area contributed by atoms with Crippen molar-refractivity contribution in [3.63, 3.8) is 0 Å². The summed E-state index contributed by atoms with van der Waals surface area (Å²) in [6, 6.07) is 1.57. The number of likely N-dealkylation sites (N-methyl/N-ethyl adjacent to an activating group) is 2. The van der Waals surface area contributed by atoms with Crippen LogP contribution in [-0.4, -0.2) is 62.2 Å². The van der Waals surface area contributed by atoms with Crippen LogP contribution in [0.5, 0.6) is 0 Å². The van der Waals surface area contributed by atoms with Crippen LogP contribution in [0.3, 0.4) is 0 Å². The summed E-state index contributed by atoms with van der Waals surface area (Å²) in [6.45, 7) is 4.74. The number of nitrogens with one attached hydrogen (secondary N) is 1. The van der Waals surface area contributed by atoms with E-state index in [1.54, 1.807) is 0 Å². The van der Waals surface area contributed by atoms with Crippen molar-refractivity contribution >= 4 is 0 Å². The molecule has 1 aliphatic carbocycles. The molecule has 2 rings (SSSR count). The zero-order valence-electron chi connectivity index (χ0n) is 10.2. The second kappa shape index (κ2) is 5.28. The Labute approximate surface area is 93.8 Å². The quantitative estimate of drug-likeness (QED) is 0.744. The van der Waals surface area contributed by atoms with Crippen LogP contribution in [0.15, 0.2) is 0 Å². The number of nitrogens with zero attached hydrogens (tertiary/aromatic N) is 2. The van der Waals surface area contributed by atoms with Gasteiger partial charge in [0.2, 0.25) is 0 Å². The van der Waals surface area contributed by atoms with E-state index in [1.807, 2.05) is 0 Å². The second-order valence-corrected chi connectivity index (χ2v) is 5.22. The average Bonchev–Trinajstić information content (AvgIpc) is 2.74. The van der Waals surface area contributed by atoms with Crippen molar-refractivity contribution in [1.82, 2.24) is 15.1 Å². The van der Waals surface area contributed by atoms with E-state index in [4.69, 9.17) is 0 Å². The maximum absolute atomic E-state index is 3.49. The van der Waals surface area contributed by atoms with Crippen LogP contribution in [0.1, 0.15) is 25.7 Å². The molecule has 1 saturated heterocycles. The minimum absolute atomic E-state index is 0.712. The highest BCUT2D eigenvalue weighted by molar-refractivity contribution is 4.83. The molecule has 0 aromatic heterocycles. The fourth-order valence-electron chi connectivity index (χ4n) is 2.89. The van der Waals surface area contributed by atoms with Crippen LogP contribution >= 0.6 is 0 Å². The zero-order valence-corrected chi connectivity index (χ0v) is 10.2. The SMILES string of the molecule is CN1CCNCC1CN(C)C1CCCC1. The van der Waals surface area contributed by atoms with Crippen LogP contribution in [0, 0.1) is 0 Å². The lowest BCUT2D eigenvalue weighted by Crippen LogP contribution is -2.54. The number of piperazine rings is 1. The third-order valence-electron chi connectivity index (χ3n) is 4.09. The molecule has 1 saturated carbocycles. The van der Waals surface area contributed by atoms with Gasteiger partial charge in [-0.15, -0.1) is 0 Å². The molecule has 1 aliphatic heterocycles. The minimum Gasteiger partial charge on any atom is -0.314 e. The third-order valence-corrected chi connectivity index (χ3v) is 4.09. The fraction of sp³-hybridized carbons (Fsp3) is 1.00. The van der Waals surface area contributed by atoms with Gasteiger partial charge in [-0.2, -0.15) is 0 Å². The van der Waals surface area contributed by atoms with Crippen molar-refractivity contribution in [2.45, 2.75) is 37.8 Å². The molecule has 88 valence electrons. The first-order valence-corrected chi connectivity index (χ1v) is 6.38. The Kier molecular flexibility index (Phi) is 4.00. The summed E-state index contributed by atoms with van der Waals surface area (Å²) in [6.07, 6.45) is 5.71. The van der Waals surface area contributed by atoms with Crippen molar-refractivity contribution in [2.75, 3.05) is 40.3 Å². The molecule has 2 aliphatic rings. The second-order valence-electron chi connectivity index (χ2n) is 5.22. The summed E-state index contributed by atoms with van der Waals surface area (Å²) in [5.41, 5.74) is 0. The first kappa shape index (κ1) is 11.4. The molecule has 0 amide bonds. The first-order valence-electron chi connectivity index (χ1n) is 6.38. The van der Waals surface area contributed by atoms with Crippen LogP contribution in [-0.2, 0) is 0 Å². The topological polar surface area (TPSA) is 18.5 Å². The number of hydrogen-bond acceptors (Lipinski definition) is 3. The Bertz CT molecular complexity index is 189. The Morgan fingerprint density at radius 3 is 2.73 bits per heavy atom. The smallest absolute Gasteiger partial charge is 0.0345 e. The van der Waals surface area contributed by atoms with Crippen LogP contribution in [0.25, 0.3) is 0 Å². The van der Waals surface area contributed by atoms with Crippen LogP contribution in [0.2, 0.25) is 0 Å². The van der Waals surface area contributed by atoms with Gasteiger partial charge in [0.05, 0.1) is 0 Å². The highest BCUT2D eigenvalue weighted by Gasteiger charge is 2.25. The average molecular weight is 211 g/mol. The molecule has 15 heavy (non-hydrogen) atoms. The van der Waals surface area contributed by atoms with Gasteiger partial charge in [-0.25, -0.2) is 0 Å². The summed E-state index contributed by atoms with van der Waals surface area (Å²) < 4.78 is 0. The lowest BCUT2D eigenvalue weighted by Gasteiger charge is -2.37. The summed E-state index contributed by atoms with van der Waals surface area (Å²) in [5.74, 6) is 0. The van der Waals surface area contributed by atoms with E-state index >= 15 is 0 Å². The zero-order chi connectivity index (χ0) is 10.7. The van der Waals surface area contributed by atoms with Gasteiger partial charge in [-0.1, -0.05) is 12.8 Å². The van der Waals surface area contributed by atoms with Gasteiger partial charge >= 0.3 is 0 Å². The normalized spacial score (nSPS) is 30.2. The van der Waals surface area contributed by atoms with E-state index in [9.17, 15) is 0 Å². The van der Waals surface area contributed by atoms with Gasteiger partial charge in [0, 0.05) is 38.3 Å². The Morgan fingerprint density at radius 2 is 2.07 bits per heavy atom. The Morgan fingerprint density at radius 1 is 1.33 bits per heavy atom. The summed E-state index contributed by atoms with van der Waals surface area (Å²) in [4.78, 5) is 5.09. The van der Waals surface area contributed by atoms with Crippen molar-refractivity contribution in [3.8, 4) is 0 Å². The predicted molar refractivity (Wildman–Crippen MR) is 64.2 cm³/mol. The molecule has 3 heteroatoms. The van der Waals surface area contributed by atoms with E-state index in [2.05, 4.69) is 29.2 Å². The molecule has 0 radical (unpaired) electrons. The molecule has 0 aromatic rings. The third kappa shape index (κ3) is 2.92. The van der Waals surface area contributed by atoms with Gasteiger partial charge in [-0.05, 0) is 26.9 Å². The predicted octanol–water partition coefficient (Wildman–Crippen LogP) is 0.764. The molecule has 1 atom stereocenters. The number of rotatable bonds is 3. The van der Waals surface area contributed by atoms with Crippen molar-refractivity contribution in [1.29, 1.82) is 0 Å². The van der Waals surface area contributed by atoms with Gasteiger partial charge in [0.1, 0.15) is 0 Å². The van der Waals surface area contributed by atoms with Gasteiger partial charge in [0.25, 0.3) is 0 Å². The maximum atomic E-state index is 3.49. The van der Waals surface area contributed by atoms with E-state index in [0.717, 1.165) is 19.1 Å². The highest BCUT2D eigenvalue weighted by Crippen LogP contribution is 2.22. The largest absolute Gasteiger partial charge is 0.314 e.